The molecule has 0 aliphatic heterocycles. The largest absolute Gasteiger partial charge is 0.330 e. The fraction of sp³-hybridized carbons (Fsp3) is 1.00. The van der Waals surface area contributed by atoms with E-state index >= 15 is 0 Å². The number of hydrogen-bond donors (Lipinski definition) is 2. The molecule has 0 amide bonds. The van der Waals surface area contributed by atoms with Crippen molar-refractivity contribution in [3.8, 4) is 0 Å². The second-order valence-electron chi connectivity index (χ2n) is 4.25. The summed E-state index contributed by atoms with van der Waals surface area (Å²) in [5.41, 5.74) is 5.34. The zero-order valence-electron chi connectivity index (χ0n) is 10.6. The first-order chi connectivity index (χ1) is 7.29. The summed E-state index contributed by atoms with van der Waals surface area (Å²) in [5.74, 6) is 0. The molecule has 1 atom stereocenters. The Labute approximate surface area is 99.0 Å². The Balaban J connectivity index is 4.22. The second kappa shape index (κ2) is 7.18. The first kappa shape index (κ1) is 15.8. The third-order valence-corrected chi connectivity index (χ3v) is 3.78. The molecule has 1 unspecified atom stereocenters. The summed E-state index contributed by atoms with van der Waals surface area (Å²) in [4.78, 5) is 1.94. The van der Waals surface area contributed by atoms with Gasteiger partial charge < -0.3 is 10.6 Å². The van der Waals surface area contributed by atoms with Crippen LogP contribution in [0.4, 0.5) is 0 Å². The molecule has 7 heteroatoms. The minimum Gasteiger partial charge on any atom is -0.330 e. The van der Waals surface area contributed by atoms with E-state index in [1.165, 1.54) is 4.31 Å². The molecule has 6 nitrogen and oxygen atoms in total. The zero-order valence-corrected chi connectivity index (χ0v) is 11.4. The minimum absolute atomic E-state index is 0.111. The number of likely N-dealkylation sites (N-methyl/N-ethyl adjacent to an activating group) is 1. The van der Waals surface area contributed by atoms with Crippen LogP contribution in [-0.4, -0.2) is 64.4 Å². The van der Waals surface area contributed by atoms with Gasteiger partial charge in [-0.2, -0.15) is 17.4 Å². The normalized spacial score (nSPS) is 14.7. The van der Waals surface area contributed by atoms with Crippen LogP contribution in [0, 0.1) is 0 Å². The molecule has 0 fully saturated rings. The van der Waals surface area contributed by atoms with Gasteiger partial charge in [0.15, 0.2) is 0 Å². The first-order valence-corrected chi connectivity index (χ1v) is 6.82. The van der Waals surface area contributed by atoms with Crippen molar-refractivity contribution in [1.82, 2.24) is 13.9 Å². The van der Waals surface area contributed by atoms with Crippen molar-refractivity contribution < 1.29 is 8.42 Å². The van der Waals surface area contributed by atoms with Crippen LogP contribution in [0.3, 0.4) is 0 Å². The molecule has 0 saturated heterocycles. The van der Waals surface area contributed by atoms with Gasteiger partial charge >= 0.3 is 0 Å². The van der Waals surface area contributed by atoms with Gasteiger partial charge in [-0.1, -0.05) is 0 Å². The standard InChI is InChI=1S/C9H24N4O2S/c1-9(8-12(2)3)11-16(14,15)13(4)7-5-6-10/h9,11H,5-8,10H2,1-4H3. The third-order valence-electron chi connectivity index (χ3n) is 2.08. The van der Waals surface area contributed by atoms with Crippen LogP contribution in [-0.2, 0) is 10.2 Å². The molecule has 0 aliphatic carbocycles. The molecule has 0 rings (SSSR count). The van der Waals surface area contributed by atoms with Crippen LogP contribution in [0.1, 0.15) is 13.3 Å². The lowest BCUT2D eigenvalue weighted by atomic mass is 10.3. The van der Waals surface area contributed by atoms with Gasteiger partial charge in [-0.3, -0.25) is 0 Å². The van der Waals surface area contributed by atoms with Crippen molar-refractivity contribution in [2.45, 2.75) is 19.4 Å². The molecule has 3 N–H and O–H groups in total. The van der Waals surface area contributed by atoms with E-state index in [9.17, 15) is 8.42 Å². The molecule has 0 aromatic heterocycles. The Morgan fingerprint density at radius 2 is 1.88 bits per heavy atom. The summed E-state index contributed by atoms with van der Waals surface area (Å²) in [6.45, 7) is 3.45. The molecular weight excluding hydrogens is 228 g/mol. The lowest BCUT2D eigenvalue weighted by Gasteiger charge is -2.22. The third kappa shape index (κ3) is 6.39. The molecule has 0 heterocycles. The summed E-state index contributed by atoms with van der Waals surface area (Å²) in [6.07, 6.45) is 0.666. The minimum atomic E-state index is -3.38. The molecule has 0 aliphatic rings. The maximum absolute atomic E-state index is 11.8. The van der Waals surface area contributed by atoms with Crippen LogP contribution in [0.25, 0.3) is 0 Å². The summed E-state index contributed by atoms with van der Waals surface area (Å²) in [6, 6.07) is -0.111. The molecule has 16 heavy (non-hydrogen) atoms. The number of hydrogen-bond acceptors (Lipinski definition) is 4. The van der Waals surface area contributed by atoms with Crippen LogP contribution in [0.5, 0.6) is 0 Å². The Kier molecular flexibility index (Phi) is 7.09. The molecule has 0 bridgehead atoms. The van der Waals surface area contributed by atoms with E-state index in [0.29, 0.717) is 26.1 Å². The average Bonchev–Trinajstić information content (AvgIpc) is 2.11. The Bertz CT molecular complexity index is 279. The van der Waals surface area contributed by atoms with Gasteiger partial charge in [-0.05, 0) is 34.0 Å². The molecule has 0 aromatic carbocycles. The van der Waals surface area contributed by atoms with E-state index in [2.05, 4.69) is 4.72 Å². The van der Waals surface area contributed by atoms with E-state index in [-0.39, 0.29) is 6.04 Å². The van der Waals surface area contributed by atoms with Crippen LogP contribution < -0.4 is 10.5 Å². The van der Waals surface area contributed by atoms with Gasteiger partial charge in [-0.15, -0.1) is 0 Å². The lowest BCUT2D eigenvalue weighted by Crippen LogP contribution is -2.46. The fourth-order valence-corrected chi connectivity index (χ4v) is 2.50. The topological polar surface area (TPSA) is 78.7 Å². The number of nitrogens with zero attached hydrogens (tertiary/aromatic N) is 2. The highest BCUT2D eigenvalue weighted by Crippen LogP contribution is 1.98. The monoisotopic (exact) mass is 252 g/mol. The molecule has 98 valence electrons. The zero-order chi connectivity index (χ0) is 12.8. The van der Waals surface area contributed by atoms with Gasteiger partial charge in [0, 0.05) is 26.2 Å². The van der Waals surface area contributed by atoms with Crippen molar-refractivity contribution in [2.75, 3.05) is 40.8 Å². The van der Waals surface area contributed by atoms with Gasteiger partial charge in [0.05, 0.1) is 0 Å². The summed E-state index contributed by atoms with van der Waals surface area (Å²) in [7, 11) is 1.99. The molecule has 0 radical (unpaired) electrons. The van der Waals surface area contributed by atoms with E-state index in [1.54, 1.807) is 7.05 Å². The average molecular weight is 252 g/mol. The van der Waals surface area contributed by atoms with E-state index in [4.69, 9.17) is 5.73 Å². The fourth-order valence-electron chi connectivity index (χ4n) is 1.36. The predicted molar refractivity (Wildman–Crippen MR) is 66.4 cm³/mol. The van der Waals surface area contributed by atoms with Crippen molar-refractivity contribution in [1.29, 1.82) is 0 Å². The smallest absolute Gasteiger partial charge is 0.279 e. The van der Waals surface area contributed by atoms with Crippen molar-refractivity contribution in [2.24, 2.45) is 5.73 Å². The van der Waals surface area contributed by atoms with Crippen LogP contribution >= 0.6 is 0 Å². The predicted octanol–water partition coefficient (Wildman–Crippen LogP) is -0.948. The summed E-state index contributed by atoms with van der Waals surface area (Å²) >= 11 is 0. The number of nitrogens with two attached hydrogens (primary N) is 1. The Hall–Kier alpha value is -0.210. The second-order valence-corrected chi connectivity index (χ2v) is 6.06. The molecule has 0 saturated carbocycles. The number of rotatable bonds is 8. The molecular formula is C9H24N4O2S. The lowest BCUT2D eigenvalue weighted by molar-refractivity contribution is 0.363. The van der Waals surface area contributed by atoms with Crippen LogP contribution in [0.2, 0.25) is 0 Å². The van der Waals surface area contributed by atoms with E-state index < -0.39 is 10.2 Å². The van der Waals surface area contributed by atoms with Crippen molar-refractivity contribution in [3.63, 3.8) is 0 Å². The van der Waals surface area contributed by atoms with Crippen molar-refractivity contribution >= 4 is 10.2 Å². The van der Waals surface area contributed by atoms with Gasteiger partial charge in [0.1, 0.15) is 0 Å². The molecule has 0 aromatic rings. The SMILES string of the molecule is CC(CN(C)C)NS(=O)(=O)N(C)CCCN. The summed E-state index contributed by atoms with van der Waals surface area (Å²) < 4.78 is 27.5. The maximum Gasteiger partial charge on any atom is 0.279 e. The summed E-state index contributed by atoms with van der Waals surface area (Å²) in [5, 5.41) is 0. The first-order valence-electron chi connectivity index (χ1n) is 5.38. The van der Waals surface area contributed by atoms with Crippen LogP contribution in [0.15, 0.2) is 0 Å². The van der Waals surface area contributed by atoms with Gasteiger partial charge in [0.25, 0.3) is 10.2 Å². The quantitative estimate of drug-likeness (QED) is 0.584. The van der Waals surface area contributed by atoms with E-state index in [0.717, 1.165) is 0 Å². The van der Waals surface area contributed by atoms with Gasteiger partial charge in [-0.25, -0.2) is 0 Å². The maximum atomic E-state index is 11.8. The highest BCUT2D eigenvalue weighted by Gasteiger charge is 2.19. The molecule has 0 spiro atoms. The highest BCUT2D eigenvalue weighted by molar-refractivity contribution is 7.87. The Morgan fingerprint density at radius 3 is 2.31 bits per heavy atom. The van der Waals surface area contributed by atoms with Gasteiger partial charge in [0.2, 0.25) is 0 Å². The van der Waals surface area contributed by atoms with E-state index in [1.807, 2.05) is 25.9 Å². The highest BCUT2D eigenvalue weighted by atomic mass is 32.2. The van der Waals surface area contributed by atoms with Crippen molar-refractivity contribution in [3.05, 3.63) is 0 Å². The number of nitrogens with one attached hydrogen (secondary N) is 1. The Morgan fingerprint density at radius 1 is 1.31 bits per heavy atom.